The zero-order valence-corrected chi connectivity index (χ0v) is 10.3. The molecule has 1 N–H and O–H groups in total. The highest BCUT2D eigenvalue weighted by molar-refractivity contribution is 7.92. The molecule has 0 bridgehead atoms. The number of carbonyl (C=O) groups is 1. The van der Waals surface area contributed by atoms with E-state index in [-0.39, 0.29) is 5.69 Å². The van der Waals surface area contributed by atoms with Crippen molar-refractivity contribution in [2.75, 3.05) is 24.2 Å². The second-order valence-electron chi connectivity index (χ2n) is 3.36. The summed E-state index contributed by atoms with van der Waals surface area (Å²) < 4.78 is 28.7. The zero-order valence-electron chi connectivity index (χ0n) is 9.45. The number of sulfonamides is 1. The smallest absolute Gasteiger partial charge is 0.324 e. The minimum Gasteiger partial charge on any atom is -0.497 e. The molecule has 0 aliphatic carbocycles. The van der Waals surface area contributed by atoms with E-state index in [9.17, 15) is 13.2 Å². The van der Waals surface area contributed by atoms with Crippen molar-refractivity contribution in [3.05, 3.63) is 24.3 Å². The summed E-state index contributed by atoms with van der Waals surface area (Å²) in [4.78, 5) is 10.6. The Kier molecular flexibility index (Phi) is 3.95. The van der Waals surface area contributed by atoms with E-state index in [2.05, 4.69) is 0 Å². The lowest BCUT2D eigenvalue weighted by atomic mass is 10.3. The number of aliphatic carboxylic acids is 1. The van der Waals surface area contributed by atoms with Crippen LogP contribution in [0.4, 0.5) is 5.69 Å². The van der Waals surface area contributed by atoms with Gasteiger partial charge in [0.15, 0.2) is 0 Å². The highest BCUT2D eigenvalue weighted by Gasteiger charge is 2.20. The largest absolute Gasteiger partial charge is 0.497 e. The molecule has 0 aliphatic rings. The van der Waals surface area contributed by atoms with Crippen LogP contribution in [0.15, 0.2) is 24.3 Å². The van der Waals surface area contributed by atoms with Gasteiger partial charge in [-0.2, -0.15) is 0 Å². The molecule has 0 aliphatic heterocycles. The Labute approximate surface area is 99.5 Å². The van der Waals surface area contributed by atoms with Crippen LogP contribution in [0.25, 0.3) is 0 Å². The summed E-state index contributed by atoms with van der Waals surface area (Å²) >= 11 is 0. The molecule has 0 spiro atoms. The molecular weight excluding hydrogens is 246 g/mol. The van der Waals surface area contributed by atoms with Crippen LogP contribution in [0.5, 0.6) is 5.75 Å². The molecule has 7 heteroatoms. The van der Waals surface area contributed by atoms with Gasteiger partial charge in [-0.3, -0.25) is 9.10 Å². The van der Waals surface area contributed by atoms with E-state index in [4.69, 9.17) is 9.84 Å². The van der Waals surface area contributed by atoms with Gasteiger partial charge in [-0.15, -0.1) is 0 Å². The van der Waals surface area contributed by atoms with Gasteiger partial charge >= 0.3 is 5.97 Å². The van der Waals surface area contributed by atoms with Crippen LogP contribution in [0.2, 0.25) is 0 Å². The van der Waals surface area contributed by atoms with E-state index in [1.807, 2.05) is 0 Å². The predicted molar refractivity (Wildman–Crippen MR) is 62.8 cm³/mol. The lowest BCUT2D eigenvalue weighted by Crippen LogP contribution is -2.34. The van der Waals surface area contributed by atoms with E-state index in [1.54, 1.807) is 12.1 Å². The summed E-state index contributed by atoms with van der Waals surface area (Å²) in [5.41, 5.74) is 0.259. The quantitative estimate of drug-likeness (QED) is 0.834. The summed E-state index contributed by atoms with van der Waals surface area (Å²) in [5.74, 6) is -0.764. The van der Waals surface area contributed by atoms with Crippen molar-refractivity contribution in [1.29, 1.82) is 0 Å². The Morgan fingerprint density at radius 3 is 2.59 bits per heavy atom. The van der Waals surface area contributed by atoms with Gasteiger partial charge in [-0.25, -0.2) is 8.42 Å². The molecule has 1 rings (SSSR count). The third-order valence-corrected chi connectivity index (χ3v) is 3.16. The number of hydrogen-bond donors (Lipinski definition) is 1. The van der Waals surface area contributed by atoms with Crippen molar-refractivity contribution in [1.82, 2.24) is 0 Å². The summed E-state index contributed by atoms with van der Waals surface area (Å²) in [6.07, 6.45) is 0.954. The molecule has 0 amide bonds. The fourth-order valence-electron chi connectivity index (χ4n) is 1.29. The number of hydrogen-bond acceptors (Lipinski definition) is 4. The normalized spacial score (nSPS) is 10.9. The third kappa shape index (κ3) is 3.63. The van der Waals surface area contributed by atoms with Crippen molar-refractivity contribution >= 4 is 21.7 Å². The first-order valence-electron chi connectivity index (χ1n) is 4.68. The van der Waals surface area contributed by atoms with Crippen molar-refractivity contribution in [3.63, 3.8) is 0 Å². The number of rotatable bonds is 5. The standard InChI is InChI=1S/C10H13NO5S/c1-16-9-5-3-4-8(6-9)11(7-10(12)13)17(2,14)15/h3-6H,7H2,1-2H3,(H,12,13). The number of carboxylic acids is 1. The molecule has 0 saturated heterocycles. The number of carboxylic acid groups (broad SMARTS) is 1. The van der Waals surface area contributed by atoms with Gasteiger partial charge in [-0.1, -0.05) is 6.07 Å². The molecule has 0 saturated carbocycles. The van der Waals surface area contributed by atoms with Gasteiger partial charge in [-0.05, 0) is 12.1 Å². The maximum Gasteiger partial charge on any atom is 0.324 e. The highest BCUT2D eigenvalue weighted by atomic mass is 32.2. The molecule has 0 heterocycles. The Morgan fingerprint density at radius 1 is 1.47 bits per heavy atom. The van der Waals surface area contributed by atoms with Gasteiger partial charge in [0.05, 0.1) is 19.1 Å². The molecular formula is C10H13NO5S. The van der Waals surface area contributed by atoms with E-state index in [1.165, 1.54) is 19.2 Å². The summed E-state index contributed by atoms with van der Waals surface area (Å²) in [6.45, 7) is -0.619. The zero-order chi connectivity index (χ0) is 13.1. The molecule has 17 heavy (non-hydrogen) atoms. The molecule has 6 nitrogen and oxygen atoms in total. The SMILES string of the molecule is COc1cccc(N(CC(=O)O)S(C)(=O)=O)c1. The Morgan fingerprint density at radius 2 is 2.12 bits per heavy atom. The molecule has 0 unspecified atom stereocenters. The molecule has 0 fully saturated rings. The van der Waals surface area contributed by atoms with Crippen LogP contribution >= 0.6 is 0 Å². The molecule has 1 aromatic carbocycles. The van der Waals surface area contributed by atoms with Crippen LogP contribution in [-0.4, -0.2) is 39.4 Å². The van der Waals surface area contributed by atoms with Gasteiger partial charge < -0.3 is 9.84 Å². The molecule has 94 valence electrons. The van der Waals surface area contributed by atoms with Crippen LogP contribution in [0, 0.1) is 0 Å². The average molecular weight is 259 g/mol. The monoisotopic (exact) mass is 259 g/mol. The summed E-state index contributed by atoms with van der Waals surface area (Å²) in [5, 5.41) is 8.70. The van der Waals surface area contributed by atoms with Crippen LogP contribution in [0.1, 0.15) is 0 Å². The Balaban J connectivity index is 3.17. The number of ether oxygens (including phenoxy) is 1. The lowest BCUT2D eigenvalue weighted by Gasteiger charge is -2.20. The van der Waals surface area contributed by atoms with Crippen LogP contribution < -0.4 is 9.04 Å². The minimum atomic E-state index is -3.64. The predicted octanol–water partition coefficient (Wildman–Crippen LogP) is 0.546. The first-order valence-corrected chi connectivity index (χ1v) is 6.53. The second-order valence-corrected chi connectivity index (χ2v) is 5.27. The van der Waals surface area contributed by atoms with Crippen molar-refractivity contribution in [2.24, 2.45) is 0 Å². The molecule has 0 aromatic heterocycles. The van der Waals surface area contributed by atoms with E-state index in [0.29, 0.717) is 5.75 Å². The molecule has 0 radical (unpaired) electrons. The topological polar surface area (TPSA) is 83.9 Å². The minimum absolute atomic E-state index is 0.259. The maximum atomic E-state index is 11.5. The van der Waals surface area contributed by atoms with Gasteiger partial charge in [0.25, 0.3) is 0 Å². The first kappa shape index (κ1) is 13.3. The van der Waals surface area contributed by atoms with Crippen molar-refractivity contribution < 1.29 is 23.1 Å². The van der Waals surface area contributed by atoms with Gasteiger partial charge in [0.1, 0.15) is 12.3 Å². The fraction of sp³-hybridized carbons (Fsp3) is 0.300. The number of nitrogens with zero attached hydrogens (tertiary/aromatic N) is 1. The second kappa shape index (κ2) is 5.05. The van der Waals surface area contributed by atoms with Crippen molar-refractivity contribution in [3.8, 4) is 5.75 Å². The van der Waals surface area contributed by atoms with E-state index in [0.717, 1.165) is 10.6 Å². The Hall–Kier alpha value is -1.76. The average Bonchev–Trinajstić information content (AvgIpc) is 2.24. The maximum absolute atomic E-state index is 11.5. The molecule has 0 atom stereocenters. The van der Waals surface area contributed by atoms with Gasteiger partial charge in [0, 0.05) is 6.07 Å². The molecule has 1 aromatic rings. The third-order valence-electron chi connectivity index (χ3n) is 2.02. The fourth-order valence-corrected chi connectivity index (χ4v) is 2.13. The van der Waals surface area contributed by atoms with Crippen molar-refractivity contribution in [2.45, 2.75) is 0 Å². The number of methoxy groups -OCH3 is 1. The lowest BCUT2D eigenvalue weighted by molar-refractivity contribution is -0.135. The summed E-state index contributed by atoms with van der Waals surface area (Å²) in [7, 11) is -2.20. The van der Waals surface area contributed by atoms with Crippen LogP contribution in [0.3, 0.4) is 0 Å². The highest BCUT2D eigenvalue weighted by Crippen LogP contribution is 2.22. The van der Waals surface area contributed by atoms with E-state index >= 15 is 0 Å². The van der Waals surface area contributed by atoms with Gasteiger partial charge in [0.2, 0.25) is 10.0 Å². The summed E-state index contributed by atoms with van der Waals surface area (Å²) in [6, 6.07) is 6.20. The van der Waals surface area contributed by atoms with E-state index < -0.39 is 22.5 Å². The number of benzene rings is 1. The van der Waals surface area contributed by atoms with Crippen LogP contribution in [-0.2, 0) is 14.8 Å². The number of anilines is 1. The first-order chi connectivity index (χ1) is 7.84. The Bertz CT molecular complexity index is 511.